The molecule has 0 aliphatic carbocycles. The first-order valence-electron chi connectivity index (χ1n) is 9.67. The monoisotopic (exact) mass is 393 g/mol. The normalized spacial score (nSPS) is 15.4. The molecule has 4 aromatic rings. The van der Waals surface area contributed by atoms with Crippen LogP contribution in [0.4, 0.5) is 0 Å². The molecule has 28 heavy (non-hydrogen) atoms. The van der Waals surface area contributed by atoms with E-state index < -0.39 is 5.63 Å². The zero-order valence-corrected chi connectivity index (χ0v) is 16.2. The molecule has 0 amide bonds. The molecule has 0 bridgehead atoms. The Morgan fingerprint density at radius 3 is 2.75 bits per heavy atom. The lowest BCUT2D eigenvalue weighted by Crippen LogP contribution is -3.11. The molecule has 0 saturated carbocycles. The maximum absolute atomic E-state index is 12.8. The zero-order valence-electron chi connectivity index (χ0n) is 15.4. The van der Waals surface area contributed by atoms with Crippen molar-refractivity contribution in [3.05, 3.63) is 58.4 Å². The summed E-state index contributed by atoms with van der Waals surface area (Å²) in [5.74, 6) is 0.196. The number of aromatic nitrogens is 1. The molecule has 3 heterocycles. The summed E-state index contributed by atoms with van der Waals surface area (Å²) in [5, 5.41) is 11.9. The van der Waals surface area contributed by atoms with E-state index in [4.69, 9.17) is 4.42 Å². The van der Waals surface area contributed by atoms with Crippen LogP contribution in [0.25, 0.3) is 31.8 Å². The topological polar surface area (TPSA) is 67.8 Å². The Bertz CT molecular complexity index is 1190. The molecule has 1 fully saturated rings. The van der Waals surface area contributed by atoms with Crippen molar-refractivity contribution in [2.24, 2.45) is 0 Å². The molecule has 5 nitrogen and oxygen atoms in total. The van der Waals surface area contributed by atoms with E-state index in [1.54, 1.807) is 12.1 Å². The van der Waals surface area contributed by atoms with Gasteiger partial charge in [0.2, 0.25) is 0 Å². The number of benzene rings is 2. The summed E-state index contributed by atoms with van der Waals surface area (Å²) in [6, 6.07) is 13.2. The van der Waals surface area contributed by atoms with Gasteiger partial charge in [0.1, 0.15) is 17.3 Å². The largest absolute Gasteiger partial charge is 0.507 e. The third-order valence-electron chi connectivity index (χ3n) is 5.49. The fourth-order valence-electron chi connectivity index (χ4n) is 4.02. The predicted octanol–water partition coefficient (Wildman–Crippen LogP) is 3.34. The number of phenols is 1. The first kappa shape index (κ1) is 17.4. The molecular formula is C22H21N2O3S+. The maximum atomic E-state index is 12.8. The molecule has 2 aromatic heterocycles. The van der Waals surface area contributed by atoms with Crippen molar-refractivity contribution < 1.29 is 14.4 Å². The van der Waals surface area contributed by atoms with E-state index in [9.17, 15) is 9.90 Å². The van der Waals surface area contributed by atoms with Crippen molar-refractivity contribution in [1.82, 2.24) is 4.98 Å². The number of quaternary nitrogens is 1. The van der Waals surface area contributed by atoms with Gasteiger partial charge >= 0.3 is 5.63 Å². The molecule has 1 saturated heterocycles. The fourth-order valence-corrected chi connectivity index (χ4v) is 4.99. The fraction of sp³-hybridized carbons (Fsp3) is 0.273. The van der Waals surface area contributed by atoms with Crippen LogP contribution >= 0.6 is 11.3 Å². The minimum Gasteiger partial charge on any atom is -0.507 e. The Morgan fingerprint density at radius 1 is 1.11 bits per heavy atom. The molecule has 2 N–H and O–H groups in total. The number of nitrogens with one attached hydrogen (secondary N) is 1. The molecule has 142 valence electrons. The van der Waals surface area contributed by atoms with E-state index in [-0.39, 0.29) is 5.75 Å². The summed E-state index contributed by atoms with van der Waals surface area (Å²) in [4.78, 5) is 18.8. The van der Waals surface area contributed by atoms with Crippen LogP contribution < -0.4 is 10.5 Å². The smallest absolute Gasteiger partial charge is 0.346 e. The number of likely N-dealkylation sites (tertiary alicyclic amines) is 1. The van der Waals surface area contributed by atoms with Gasteiger partial charge in [-0.1, -0.05) is 12.1 Å². The number of thiazole rings is 1. The zero-order chi connectivity index (χ0) is 19.1. The molecule has 2 aromatic carbocycles. The first-order chi connectivity index (χ1) is 13.7. The second-order valence-corrected chi connectivity index (χ2v) is 8.43. The molecule has 5 rings (SSSR count). The highest BCUT2D eigenvalue weighted by molar-refractivity contribution is 7.21. The van der Waals surface area contributed by atoms with Gasteiger partial charge in [-0.15, -0.1) is 11.3 Å². The lowest BCUT2D eigenvalue weighted by atomic mass is 10.1. The number of nitrogens with zero attached hydrogens (tertiary/aromatic N) is 1. The summed E-state index contributed by atoms with van der Waals surface area (Å²) < 4.78 is 6.77. The molecule has 0 spiro atoms. The summed E-state index contributed by atoms with van der Waals surface area (Å²) in [5.41, 5.74) is 2.15. The molecular weight excluding hydrogens is 372 g/mol. The lowest BCUT2D eigenvalue weighted by Gasteiger charge is -2.24. The Hall–Kier alpha value is -2.70. The van der Waals surface area contributed by atoms with Crippen molar-refractivity contribution in [2.45, 2.75) is 25.8 Å². The minimum atomic E-state index is -0.410. The van der Waals surface area contributed by atoms with Gasteiger partial charge in [-0.25, -0.2) is 9.78 Å². The Morgan fingerprint density at radius 2 is 1.93 bits per heavy atom. The van der Waals surface area contributed by atoms with Crippen molar-refractivity contribution in [3.8, 4) is 16.3 Å². The number of para-hydroxylation sites is 1. The Balaban J connectivity index is 1.61. The van der Waals surface area contributed by atoms with Crippen molar-refractivity contribution in [1.29, 1.82) is 0 Å². The van der Waals surface area contributed by atoms with Gasteiger partial charge in [-0.2, -0.15) is 0 Å². The highest BCUT2D eigenvalue weighted by atomic mass is 32.1. The summed E-state index contributed by atoms with van der Waals surface area (Å²) in [6.45, 7) is 2.85. The Kier molecular flexibility index (Phi) is 4.37. The molecule has 6 heteroatoms. The van der Waals surface area contributed by atoms with Crippen LogP contribution in [0.2, 0.25) is 0 Å². The third-order valence-corrected chi connectivity index (χ3v) is 6.56. The van der Waals surface area contributed by atoms with Crippen molar-refractivity contribution in [2.75, 3.05) is 13.1 Å². The second-order valence-electron chi connectivity index (χ2n) is 7.40. The quantitative estimate of drug-likeness (QED) is 0.524. The van der Waals surface area contributed by atoms with Gasteiger partial charge in [0.15, 0.2) is 5.58 Å². The van der Waals surface area contributed by atoms with E-state index in [0.717, 1.165) is 34.3 Å². The number of phenolic OH excluding ortho intramolecular Hbond substituents is 1. The maximum Gasteiger partial charge on any atom is 0.346 e. The number of aromatic hydroxyl groups is 1. The molecule has 0 atom stereocenters. The average Bonchev–Trinajstić information content (AvgIpc) is 3.15. The van der Waals surface area contributed by atoms with Gasteiger partial charge < -0.3 is 14.4 Å². The van der Waals surface area contributed by atoms with Gasteiger partial charge in [-0.05, 0) is 49.6 Å². The third kappa shape index (κ3) is 3.08. The van der Waals surface area contributed by atoms with E-state index in [0.29, 0.717) is 22.7 Å². The molecule has 0 radical (unpaired) electrons. The average molecular weight is 393 g/mol. The van der Waals surface area contributed by atoms with Gasteiger partial charge in [0, 0.05) is 5.39 Å². The van der Waals surface area contributed by atoms with Gasteiger partial charge in [0.25, 0.3) is 0 Å². The summed E-state index contributed by atoms with van der Waals surface area (Å²) >= 11 is 1.48. The SMILES string of the molecule is O=c1oc2c(C[NH+]3CCCCC3)c(O)ccc2cc1-c1nc2ccccc2s1. The molecule has 1 aliphatic heterocycles. The van der Waals surface area contributed by atoms with Crippen molar-refractivity contribution in [3.63, 3.8) is 0 Å². The van der Waals surface area contributed by atoms with Crippen LogP contribution in [0, 0.1) is 0 Å². The van der Waals surface area contributed by atoms with Crippen LogP contribution in [0.1, 0.15) is 24.8 Å². The minimum absolute atomic E-state index is 0.196. The highest BCUT2D eigenvalue weighted by Gasteiger charge is 2.21. The number of fused-ring (bicyclic) bond motifs is 2. The summed E-state index contributed by atoms with van der Waals surface area (Å²) in [6.07, 6.45) is 3.67. The van der Waals surface area contributed by atoms with E-state index >= 15 is 0 Å². The Labute approximate surface area is 165 Å². The van der Waals surface area contributed by atoms with Crippen LogP contribution in [0.5, 0.6) is 5.75 Å². The van der Waals surface area contributed by atoms with Gasteiger partial charge in [-0.3, -0.25) is 0 Å². The van der Waals surface area contributed by atoms with Crippen LogP contribution in [-0.2, 0) is 6.54 Å². The van der Waals surface area contributed by atoms with Gasteiger partial charge in [0.05, 0.1) is 34.4 Å². The summed E-state index contributed by atoms with van der Waals surface area (Å²) in [7, 11) is 0. The van der Waals surface area contributed by atoms with Crippen LogP contribution in [0.15, 0.2) is 51.7 Å². The highest BCUT2D eigenvalue weighted by Crippen LogP contribution is 2.32. The van der Waals surface area contributed by atoms with Crippen LogP contribution in [-0.4, -0.2) is 23.2 Å². The molecule has 0 unspecified atom stereocenters. The van der Waals surface area contributed by atoms with E-state index in [1.807, 2.05) is 30.3 Å². The predicted molar refractivity (Wildman–Crippen MR) is 111 cm³/mol. The molecule has 1 aliphatic rings. The lowest BCUT2D eigenvalue weighted by molar-refractivity contribution is -0.918. The van der Waals surface area contributed by atoms with Crippen molar-refractivity contribution >= 4 is 32.5 Å². The second kappa shape index (κ2) is 7.04. The number of piperidine rings is 1. The number of rotatable bonds is 3. The van der Waals surface area contributed by atoms with E-state index in [2.05, 4.69) is 4.98 Å². The number of hydrogen-bond acceptors (Lipinski definition) is 5. The van der Waals surface area contributed by atoms with Crippen LogP contribution in [0.3, 0.4) is 0 Å². The standard InChI is InChI=1S/C22H20N2O3S/c25-18-9-8-14-12-15(21-23-17-6-2-3-7-19(17)28-21)22(26)27-20(14)16(18)13-24-10-4-1-5-11-24/h2-3,6-9,12,25H,1,4-5,10-11,13H2/p+1. The first-order valence-corrected chi connectivity index (χ1v) is 10.5. The number of hydrogen-bond donors (Lipinski definition) is 2. The van der Waals surface area contributed by atoms with E-state index in [1.165, 1.54) is 35.5 Å².